The quantitative estimate of drug-likeness (QED) is 0.759. The van der Waals surface area contributed by atoms with Crippen LogP contribution in [0.2, 0.25) is 0 Å². The van der Waals surface area contributed by atoms with Crippen molar-refractivity contribution in [3.63, 3.8) is 0 Å². The van der Waals surface area contributed by atoms with E-state index in [1.807, 2.05) is 17.9 Å². The van der Waals surface area contributed by atoms with Gasteiger partial charge in [-0.05, 0) is 20.8 Å². The molecule has 3 rings (SSSR count). The zero-order valence-corrected chi connectivity index (χ0v) is 12.6. The number of nitrogens with zero attached hydrogens (tertiary/aromatic N) is 5. The molecule has 0 spiro atoms. The van der Waals surface area contributed by atoms with Gasteiger partial charge in [-0.2, -0.15) is 14.6 Å². The largest absolute Gasteiger partial charge is 0.354 e. The first-order valence-electron chi connectivity index (χ1n) is 6.45. The molecule has 0 radical (unpaired) electrons. The van der Waals surface area contributed by atoms with Gasteiger partial charge < -0.3 is 4.90 Å². The van der Waals surface area contributed by atoms with Crippen molar-refractivity contribution >= 4 is 21.4 Å². The van der Waals surface area contributed by atoms with Crippen LogP contribution in [0.25, 0.3) is 5.78 Å². The lowest BCUT2D eigenvalue weighted by atomic mass is 10.2. The average Bonchev–Trinajstić information content (AvgIpc) is 2.79. The molecule has 1 aliphatic rings. The summed E-state index contributed by atoms with van der Waals surface area (Å²) in [5.74, 6) is 1.52. The van der Waals surface area contributed by atoms with Crippen molar-refractivity contribution in [3.8, 4) is 0 Å². The number of aromatic nitrogens is 4. The third-order valence-electron chi connectivity index (χ3n) is 3.73. The molecule has 0 bridgehead atoms. The highest BCUT2D eigenvalue weighted by molar-refractivity contribution is 7.92. The third-order valence-corrected chi connectivity index (χ3v) is 6.26. The standard InChI is InChI=1S/C12H17N5O2S/c1-9-6-10(17-11(15-9)13-8-14-17)16-4-5-20(18,19)12(2,3)7-16/h6,8H,4-5,7H2,1-3H3. The Bertz CT molecular complexity index is 765. The molecule has 7 nitrogen and oxygen atoms in total. The van der Waals surface area contributed by atoms with E-state index in [0.717, 1.165) is 11.5 Å². The van der Waals surface area contributed by atoms with Crippen molar-refractivity contribution < 1.29 is 8.42 Å². The van der Waals surface area contributed by atoms with Gasteiger partial charge in [0.25, 0.3) is 5.78 Å². The Morgan fingerprint density at radius 2 is 2.10 bits per heavy atom. The molecule has 3 heterocycles. The zero-order valence-electron chi connectivity index (χ0n) is 11.7. The first-order chi connectivity index (χ1) is 9.30. The molecular formula is C12H17N5O2S. The summed E-state index contributed by atoms with van der Waals surface area (Å²) in [5, 5.41) is 4.17. The van der Waals surface area contributed by atoms with Crippen LogP contribution in [-0.4, -0.2) is 51.6 Å². The van der Waals surface area contributed by atoms with E-state index in [-0.39, 0.29) is 5.75 Å². The molecule has 108 valence electrons. The lowest BCUT2D eigenvalue weighted by molar-refractivity contribution is 0.520. The molecular weight excluding hydrogens is 278 g/mol. The molecule has 1 aliphatic heterocycles. The van der Waals surface area contributed by atoms with Gasteiger partial charge in [0.15, 0.2) is 9.84 Å². The molecule has 0 saturated carbocycles. The first kappa shape index (κ1) is 13.3. The van der Waals surface area contributed by atoms with Crippen molar-refractivity contribution in [2.45, 2.75) is 25.5 Å². The van der Waals surface area contributed by atoms with E-state index < -0.39 is 14.6 Å². The lowest BCUT2D eigenvalue weighted by Gasteiger charge is -2.38. The highest BCUT2D eigenvalue weighted by Crippen LogP contribution is 2.27. The topological polar surface area (TPSA) is 80.5 Å². The Kier molecular flexibility index (Phi) is 2.75. The minimum Gasteiger partial charge on any atom is -0.354 e. The van der Waals surface area contributed by atoms with E-state index in [2.05, 4.69) is 15.1 Å². The van der Waals surface area contributed by atoms with Gasteiger partial charge >= 0.3 is 0 Å². The normalized spacial score (nSPS) is 21.2. The summed E-state index contributed by atoms with van der Waals surface area (Å²) >= 11 is 0. The van der Waals surface area contributed by atoms with Gasteiger partial charge in [-0.3, -0.25) is 0 Å². The van der Waals surface area contributed by atoms with E-state index in [1.165, 1.54) is 6.33 Å². The highest BCUT2D eigenvalue weighted by Gasteiger charge is 2.40. The molecule has 0 aromatic carbocycles. The van der Waals surface area contributed by atoms with Gasteiger partial charge in [-0.1, -0.05) is 0 Å². The maximum absolute atomic E-state index is 12.1. The molecule has 2 aromatic heterocycles. The van der Waals surface area contributed by atoms with Crippen molar-refractivity contribution in [2.24, 2.45) is 0 Å². The predicted octanol–water partition coefficient (Wildman–Crippen LogP) is 0.446. The lowest BCUT2D eigenvalue weighted by Crippen LogP contribution is -2.53. The Morgan fingerprint density at radius 1 is 1.35 bits per heavy atom. The molecule has 20 heavy (non-hydrogen) atoms. The number of aryl methyl sites for hydroxylation is 1. The van der Waals surface area contributed by atoms with Crippen molar-refractivity contribution in [1.82, 2.24) is 19.6 Å². The summed E-state index contributed by atoms with van der Waals surface area (Å²) in [7, 11) is -3.05. The fraction of sp³-hybridized carbons (Fsp3) is 0.583. The summed E-state index contributed by atoms with van der Waals surface area (Å²) in [6.45, 7) is 6.32. The van der Waals surface area contributed by atoms with Crippen LogP contribution in [0, 0.1) is 6.92 Å². The number of hydrogen-bond donors (Lipinski definition) is 0. The van der Waals surface area contributed by atoms with Gasteiger partial charge in [0.05, 0.1) is 10.5 Å². The molecule has 8 heteroatoms. The van der Waals surface area contributed by atoms with Gasteiger partial charge in [0.1, 0.15) is 12.1 Å². The predicted molar refractivity (Wildman–Crippen MR) is 75.6 cm³/mol. The van der Waals surface area contributed by atoms with Crippen LogP contribution in [0.5, 0.6) is 0 Å². The smallest absolute Gasteiger partial charge is 0.254 e. The fourth-order valence-electron chi connectivity index (χ4n) is 2.48. The van der Waals surface area contributed by atoms with Crippen LogP contribution in [0.1, 0.15) is 19.5 Å². The minimum absolute atomic E-state index is 0.150. The first-order valence-corrected chi connectivity index (χ1v) is 8.10. The number of hydrogen-bond acceptors (Lipinski definition) is 6. The molecule has 0 N–H and O–H groups in total. The number of fused-ring (bicyclic) bond motifs is 1. The monoisotopic (exact) mass is 295 g/mol. The zero-order chi connectivity index (χ0) is 14.5. The highest BCUT2D eigenvalue weighted by atomic mass is 32.2. The molecule has 1 fully saturated rings. The van der Waals surface area contributed by atoms with Crippen molar-refractivity contribution in [2.75, 3.05) is 23.7 Å². The van der Waals surface area contributed by atoms with E-state index in [4.69, 9.17) is 0 Å². The second-order valence-corrected chi connectivity index (χ2v) is 8.47. The molecule has 0 atom stereocenters. The van der Waals surface area contributed by atoms with Crippen LogP contribution >= 0.6 is 0 Å². The third kappa shape index (κ3) is 1.94. The van der Waals surface area contributed by atoms with Gasteiger partial charge in [-0.15, -0.1) is 0 Å². The van der Waals surface area contributed by atoms with Crippen LogP contribution in [0.4, 0.5) is 5.82 Å². The Hall–Kier alpha value is -1.70. The van der Waals surface area contributed by atoms with Gasteiger partial charge in [0.2, 0.25) is 0 Å². The summed E-state index contributed by atoms with van der Waals surface area (Å²) in [6, 6.07) is 1.91. The van der Waals surface area contributed by atoms with Crippen molar-refractivity contribution in [3.05, 3.63) is 18.1 Å². The SMILES string of the molecule is Cc1cc(N2CCS(=O)(=O)C(C)(C)C2)n2ncnc2n1. The summed E-state index contributed by atoms with van der Waals surface area (Å²) in [6.07, 6.45) is 1.46. The minimum atomic E-state index is -3.05. The number of sulfone groups is 1. The number of anilines is 1. The maximum Gasteiger partial charge on any atom is 0.254 e. The van der Waals surface area contributed by atoms with E-state index in [0.29, 0.717) is 18.9 Å². The molecule has 1 saturated heterocycles. The summed E-state index contributed by atoms with van der Waals surface area (Å²) < 4.78 is 25.1. The Balaban J connectivity index is 2.07. The second-order valence-electron chi connectivity index (χ2n) is 5.73. The van der Waals surface area contributed by atoms with Gasteiger partial charge in [0, 0.05) is 24.8 Å². The average molecular weight is 295 g/mol. The molecule has 0 unspecified atom stereocenters. The van der Waals surface area contributed by atoms with E-state index >= 15 is 0 Å². The molecule has 0 aliphatic carbocycles. The fourth-order valence-corrected chi connectivity index (χ4v) is 3.84. The van der Waals surface area contributed by atoms with Crippen molar-refractivity contribution in [1.29, 1.82) is 0 Å². The number of rotatable bonds is 1. The van der Waals surface area contributed by atoms with Crippen LogP contribution in [0.3, 0.4) is 0 Å². The van der Waals surface area contributed by atoms with Crippen LogP contribution < -0.4 is 4.90 Å². The van der Waals surface area contributed by atoms with Crippen LogP contribution in [-0.2, 0) is 9.84 Å². The Morgan fingerprint density at radius 3 is 2.80 bits per heavy atom. The molecule has 2 aromatic rings. The Labute approximate surface area is 117 Å². The summed E-state index contributed by atoms with van der Waals surface area (Å²) in [5.41, 5.74) is 0.840. The maximum atomic E-state index is 12.1. The van der Waals surface area contributed by atoms with Gasteiger partial charge in [-0.25, -0.2) is 13.4 Å². The molecule has 0 amide bonds. The second kappa shape index (κ2) is 4.15. The summed E-state index contributed by atoms with van der Waals surface area (Å²) in [4.78, 5) is 10.4. The van der Waals surface area contributed by atoms with E-state index in [9.17, 15) is 8.42 Å². The van der Waals surface area contributed by atoms with Crippen LogP contribution in [0.15, 0.2) is 12.4 Å². The van der Waals surface area contributed by atoms with E-state index in [1.54, 1.807) is 18.4 Å².